The van der Waals surface area contributed by atoms with Gasteiger partial charge in [-0.1, -0.05) is 11.6 Å². The molecule has 0 bridgehead atoms. The third-order valence-electron chi connectivity index (χ3n) is 2.51. The Bertz CT molecular complexity index is 368. The highest BCUT2D eigenvalue weighted by molar-refractivity contribution is 6.30. The van der Waals surface area contributed by atoms with Gasteiger partial charge in [-0.05, 0) is 45.0 Å². The number of carbonyl (C=O) groups excluding carboxylic acids is 1. The van der Waals surface area contributed by atoms with Crippen LogP contribution < -0.4 is 5.32 Å². The summed E-state index contributed by atoms with van der Waals surface area (Å²) in [6.45, 7) is 5.06. The van der Waals surface area contributed by atoms with Gasteiger partial charge in [0.15, 0.2) is 0 Å². The fraction of sp³-hybridized carbons (Fsp3) is 0.417. The Morgan fingerprint density at radius 1 is 1.38 bits per heavy atom. The fourth-order valence-electron chi connectivity index (χ4n) is 1.06. The first-order chi connectivity index (χ1) is 7.30. The first-order valence-electron chi connectivity index (χ1n) is 5.09. The quantitative estimate of drug-likeness (QED) is 0.853. The Hall–Kier alpha value is -1.06. The van der Waals surface area contributed by atoms with E-state index in [1.54, 1.807) is 45.0 Å². The number of hydrogen-bond acceptors (Lipinski definition) is 2. The van der Waals surface area contributed by atoms with Crippen LogP contribution in [-0.2, 0) is 0 Å². The molecule has 0 aliphatic carbocycles. The number of nitrogens with one attached hydrogen (secondary N) is 1. The molecule has 4 heteroatoms. The van der Waals surface area contributed by atoms with E-state index >= 15 is 0 Å². The van der Waals surface area contributed by atoms with Crippen LogP contribution in [0.15, 0.2) is 24.3 Å². The summed E-state index contributed by atoms with van der Waals surface area (Å²) in [4.78, 5) is 11.7. The van der Waals surface area contributed by atoms with Gasteiger partial charge < -0.3 is 10.4 Å². The summed E-state index contributed by atoms with van der Waals surface area (Å²) in [6.07, 6.45) is 0. The third kappa shape index (κ3) is 3.51. The zero-order valence-electron chi connectivity index (χ0n) is 9.62. The minimum absolute atomic E-state index is 0.216. The topological polar surface area (TPSA) is 49.3 Å². The van der Waals surface area contributed by atoms with Crippen LogP contribution in [0.2, 0.25) is 5.02 Å². The fourth-order valence-corrected chi connectivity index (χ4v) is 1.18. The van der Waals surface area contributed by atoms with Crippen molar-refractivity contribution in [3.05, 3.63) is 34.9 Å². The SMILES string of the molecule is CC(NC(=O)c1ccc(Cl)cc1)C(C)(C)O. The average Bonchev–Trinajstić information content (AvgIpc) is 2.17. The van der Waals surface area contributed by atoms with Crippen LogP contribution >= 0.6 is 11.6 Å². The van der Waals surface area contributed by atoms with Crippen LogP contribution in [0.25, 0.3) is 0 Å². The summed E-state index contributed by atoms with van der Waals surface area (Å²) >= 11 is 5.72. The second-order valence-corrected chi connectivity index (χ2v) is 4.79. The Kier molecular flexibility index (Phi) is 3.94. The number of carbonyl (C=O) groups is 1. The average molecular weight is 242 g/mol. The second kappa shape index (κ2) is 4.85. The molecule has 0 saturated heterocycles. The largest absolute Gasteiger partial charge is 0.388 e. The molecule has 88 valence electrons. The summed E-state index contributed by atoms with van der Waals surface area (Å²) in [5.41, 5.74) is -0.414. The summed E-state index contributed by atoms with van der Waals surface area (Å²) in [7, 11) is 0. The van der Waals surface area contributed by atoms with E-state index in [9.17, 15) is 9.90 Å². The van der Waals surface area contributed by atoms with Gasteiger partial charge in [0, 0.05) is 10.6 Å². The van der Waals surface area contributed by atoms with Crippen molar-refractivity contribution in [1.29, 1.82) is 0 Å². The minimum Gasteiger partial charge on any atom is -0.388 e. The molecule has 0 aliphatic heterocycles. The normalized spacial score (nSPS) is 13.3. The smallest absolute Gasteiger partial charge is 0.251 e. The van der Waals surface area contributed by atoms with Gasteiger partial charge in [-0.2, -0.15) is 0 Å². The van der Waals surface area contributed by atoms with Crippen LogP contribution in [0.4, 0.5) is 0 Å². The van der Waals surface area contributed by atoms with Crippen molar-refractivity contribution < 1.29 is 9.90 Å². The number of benzene rings is 1. The maximum Gasteiger partial charge on any atom is 0.251 e. The molecular formula is C12H16ClNO2. The molecule has 1 aromatic carbocycles. The molecule has 0 aliphatic rings. The van der Waals surface area contributed by atoms with E-state index in [1.807, 2.05) is 0 Å². The minimum atomic E-state index is -0.942. The highest BCUT2D eigenvalue weighted by Gasteiger charge is 2.24. The van der Waals surface area contributed by atoms with Gasteiger partial charge in [0.05, 0.1) is 11.6 Å². The van der Waals surface area contributed by atoms with Gasteiger partial charge in [-0.3, -0.25) is 4.79 Å². The lowest BCUT2D eigenvalue weighted by Crippen LogP contribution is -2.47. The molecule has 0 fully saturated rings. The van der Waals surface area contributed by atoms with Crippen molar-refractivity contribution in [2.45, 2.75) is 32.4 Å². The van der Waals surface area contributed by atoms with Crippen LogP contribution in [0.3, 0.4) is 0 Å². The number of rotatable bonds is 3. The van der Waals surface area contributed by atoms with Gasteiger partial charge >= 0.3 is 0 Å². The van der Waals surface area contributed by atoms with Gasteiger partial charge in [0.25, 0.3) is 5.91 Å². The molecule has 0 heterocycles. The van der Waals surface area contributed by atoms with E-state index in [1.165, 1.54) is 0 Å². The number of amides is 1. The van der Waals surface area contributed by atoms with E-state index in [4.69, 9.17) is 11.6 Å². The second-order valence-electron chi connectivity index (χ2n) is 4.36. The Balaban J connectivity index is 2.70. The van der Waals surface area contributed by atoms with Gasteiger partial charge in [-0.25, -0.2) is 0 Å². The van der Waals surface area contributed by atoms with Gasteiger partial charge in [0.1, 0.15) is 0 Å². The molecule has 1 rings (SSSR count). The number of aliphatic hydroxyl groups is 1. The lowest BCUT2D eigenvalue weighted by Gasteiger charge is -2.26. The molecule has 3 nitrogen and oxygen atoms in total. The standard InChI is InChI=1S/C12H16ClNO2/c1-8(12(2,3)16)14-11(15)9-4-6-10(13)7-5-9/h4-8,16H,1-3H3,(H,14,15). The lowest BCUT2D eigenvalue weighted by atomic mass is 10.0. The highest BCUT2D eigenvalue weighted by atomic mass is 35.5. The van der Waals surface area contributed by atoms with Crippen LogP contribution in [0.1, 0.15) is 31.1 Å². The van der Waals surface area contributed by atoms with Crippen molar-refractivity contribution in [3.8, 4) is 0 Å². The number of hydrogen-bond donors (Lipinski definition) is 2. The van der Waals surface area contributed by atoms with E-state index < -0.39 is 5.60 Å². The molecule has 0 aromatic heterocycles. The third-order valence-corrected chi connectivity index (χ3v) is 2.77. The van der Waals surface area contributed by atoms with Crippen molar-refractivity contribution in [2.24, 2.45) is 0 Å². The summed E-state index contributed by atoms with van der Waals surface area (Å²) < 4.78 is 0. The van der Waals surface area contributed by atoms with Crippen LogP contribution in [0, 0.1) is 0 Å². The van der Waals surface area contributed by atoms with Crippen molar-refractivity contribution in [2.75, 3.05) is 0 Å². The molecule has 2 N–H and O–H groups in total. The first kappa shape index (κ1) is 13.0. The highest BCUT2D eigenvalue weighted by Crippen LogP contribution is 2.11. The van der Waals surface area contributed by atoms with E-state index in [-0.39, 0.29) is 11.9 Å². The lowest BCUT2D eigenvalue weighted by molar-refractivity contribution is 0.0409. The zero-order valence-corrected chi connectivity index (χ0v) is 10.4. The maximum atomic E-state index is 11.7. The van der Waals surface area contributed by atoms with Crippen LogP contribution in [0.5, 0.6) is 0 Å². The van der Waals surface area contributed by atoms with Crippen molar-refractivity contribution in [3.63, 3.8) is 0 Å². The number of halogens is 1. The molecule has 0 saturated carbocycles. The Morgan fingerprint density at radius 3 is 2.31 bits per heavy atom. The molecular weight excluding hydrogens is 226 g/mol. The molecule has 0 radical (unpaired) electrons. The van der Waals surface area contributed by atoms with E-state index in [0.717, 1.165) is 0 Å². The molecule has 1 aromatic rings. The summed E-state index contributed by atoms with van der Waals surface area (Å²) in [6, 6.07) is 6.29. The van der Waals surface area contributed by atoms with Gasteiger partial charge in [0.2, 0.25) is 0 Å². The Morgan fingerprint density at radius 2 is 1.88 bits per heavy atom. The monoisotopic (exact) mass is 241 g/mol. The van der Waals surface area contributed by atoms with Crippen LogP contribution in [-0.4, -0.2) is 22.7 Å². The van der Waals surface area contributed by atoms with E-state index in [0.29, 0.717) is 10.6 Å². The maximum absolute atomic E-state index is 11.7. The first-order valence-corrected chi connectivity index (χ1v) is 5.47. The molecule has 16 heavy (non-hydrogen) atoms. The van der Waals surface area contributed by atoms with E-state index in [2.05, 4.69) is 5.32 Å². The van der Waals surface area contributed by atoms with Gasteiger partial charge in [-0.15, -0.1) is 0 Å². The predicted octanol–water partition coefficient (Wildman–Crippen LogP) is 2.23. The molecule has 1 unspecified atom stereocenters. The van der Waals surface area contributed by atoms with Crippen molar-refractivity contribution in [1.82, 2.24) is 5.32 Å². The van der Waals surface area contributed by atoms with Crippen molar-refractivity contribution >= 4 is 17.5 Å². The molecule has 1 atom stereocenters. The Labute approximate surface area is 100 Å². The molecule has 0 spiro atoms. The predicted molar refractivity (Wildman–Crippen MR) is 64.7 cm³/mol. The zero-order chi connectivity index (χ0) is 12.3. The summed E-state index contributed by atoms with van der Waals surface area (Å²) in [5.74, 6) is -0.216. The molecule has 1 amide bonds. The summed E-state index contributed by atoms with van der Waals surface area (Å²) in [5, 5.41) is 13.0.